The lowest BCUT2D eigenvalue weighted by molar-refractivity contribution is 0.0383. The maximum atomic E-state index is 12.7. The number of carbonyl (C=O) groups excluding carboxylic acids is 1. The number of carbonyl (C=O) groups is 1. The van der Waals surface area contributed by atoms with Crippen LogP contribution in [0.25, 0.3) is 11.4 Å². The summed E-state index contributed by atoms with van der Waals surface area (Å²) >= 11 is 6.26. The lowest BCUT2D eigenvalue weighted by Gasteiger charge is -2.26. The topological polar surface area (TPSA) is 67.4 Å². The van der Waals surface area contributed by atoms with Crippen LogP contribution in [-0.4, -0.2) is 60.2 Å². The van der Waals surface area contributed by atoms with Gasteiger partial charge in [0.15, 0.2) is 5.82 Å². The van der Waals surface area contributed by atoms with Crippen molar-refractivity contribution in [2.75, 3.05) is 39.4 Å². The lowest BCUT2D eigenvalue weighted by Crippen LogP contribution is -2.41. The summed E-state index contributed by atoms with van der Waals surface area (Å²) in [5.41, 5.74) is 2.01. The van der Waals surface area contributed by atoms with Gasteiger partial charge in [0, 0.05) is 37.9 Å². The van der Waals surface area contributed by atoms with E-state index in [2.05, 4.69) is 20.2 Å². The normalized spacial score (nSPS) is 15.1. The minimum atomic E-state index is -0.141. The molecule has 2 heterocycles. The van der Waals surface area contributed by atoms with E-state index in [1.54, 1.807) is 6.20 Å². The SMILES string of the molecule is CC(C)c1nc(-c2ccccc2Cl)ncc1C(=O)NCCN1CCOCC1. The second-order valence-corrected chi connectivity index (χ2v) is 7.24. The highest BCUT2D eigenvalue weighted by atomic mass is 35.5. The molecule has 6 nitrogen and oxygen atoms in total. The molecule has 1 saturated heterocycles. The number of ether oxygens (including phenoxy) is 1. The van der Waals surface area contributed by atoms with Gasteiger partial charge >= 0.3 is 0 Å². The Bertz CT molecular complexity index is 791. The Morgan fingerprint density at radius 3 is 2.74 bits per heavy atom. The molecule has 1 amide bonds. The van der Waals surface area contributed by atoms with Crippen LogP contribution in [0.2, 0.25) is 5.02 Å². The largest absolute Gasteiger partial charge is 0.379 e. The third-order valence-electron chi connectivity index (χ3n) is 4.54. The minimum absolute atomic E-state index is 0.0919. The quantitative estimate of drug-likeness (QED) is 0.824. The molecule has 0 bridgehead atoms. The van der Waals surface area contributed by atoms with E-state index in [1.165, 1.54) is 0 Å². The minimum Gasteiger partial charge on any atom is -0.379 e. The summed E-state index contributed by atoms with van der Waals surface area (Å²) in [5, 5.41) is 3.58. The highest BCUT2D eigenvalue weighted by Crippen LogP contribution is 2.26. The molecule has 0 aliphatic carbocycles. The van der Waals surface area contributed by atoms with Crippen LogP contribution in [0.4, 0.5) is 0 Å². The average Bonchev–Trinajstić information content (AvgIpc) is 2.68. The van der Waals surface area contributed by atoms with Gasteiger partial charge in [-0.15, -0.1) is 0 Å². The van der Waals surface area contributed by atoms with Gasteiger partial charge in [0.1, 0.15) is 0 Å². The fourth-order valence-corrected chi connectivity index (χ4v) is 3.25. The zero-order valence-electron chi connectivity index (χ0n) is 15.7. The van der Waals surface area contributed by atoms with Crippen molar-refractivity contribution >= 4 is 17.5 Å². The summed E-state index contributed by atoms with van der Waals surface area (Å²) in [7, 11) is 0. The molecule has 1 fully saturated rings. The van der Waals surface area contributed by atoms with Gasteiger partial charge in [-0.1, -0.05) is 37.6 Å². The summed E-state index contributed by atoms with van der Waals surface area (Å²) < 4.78 is 5.34. The van der Waals surface area contributed by atoms with Gasteiger partial charge in [0.25, 0.3) is 5.91 Å². The molecule has 0 atom stereocenters. The van der Waals surface area contributed by atoms with Crippen LogP contribution in [0, 0.1) is 0 Å². The molecule has 1 aliphatic heterocycles. The van der Waals surface area contributed by atoms with Gasteiger partial charge in [0.2, 0.25) is 0 Å². The summed E-state index contributed by atoms with van der Waals surface area (Å²) in [6.07, 6.45) is 1.60. The zero-order valence-corrected chi connectivity index (χ0v) is 16.5. The van der Waals surface area contributed by atoms with E-state index in [0.717, 1.165) is 44.1 Å². The molecule has 7 heteroatoms. The van der Waals surface area contributed by atoms with E-state index in [0.29, 0.717) is 23.0 Å². The Balaban J connectivity index is 1.72. The number of benzene rings is 1. The van der Waals surface area contributed by atoms with E-state index in [4.69, 9.17) is 16.3 Å². The predicted octanol–water partition coefficient (Wildman–Crippen LogP) is 2.98. The van der Waals surface area contributed by atoms with Crippen LogP contribution >= 0.6 is 11.6 Å². The van der Waals surface area contributed by atoms with Crippen molar-refractivity contribution < 1.29 is 9.53 Å². The molecular weight excluding hydrogens is 364 g/mol. The fraction of sp³-hybridized carbons (Fsp3) is 0.450. The van der Waals surface area contributed by atoms with Crippen LogP contribution in [0.3, 0.4) is 0 Å². The standard InChI is InChI=1S/C20H25ClN4O2/c1-14(2)18-16(20(26)22-7-8-25-9-11-27-12-10-25)13-23-19(24-18)15-5-3-4-6-17(15)21/h3-6,13-14H,7-12H2,1-2H3,(H,22,26). The first kappa shape index (κ1) is 19.7. The number of nitrogens with one attached hydrogen (secondary N) is 1. The highest BCUT2D eigenvalue weighted by Gasteiger charge is 2.19. The molecule has 1 aromatic heterocycles. The molecule has 1 aromatic carbocycles. The summed E-state index contributed by atoms with van der Waals surface area (Å²) in [4.78, 5) is 24.0. The van der Waals surface area contributed by atoms with Gasteiger partial charge in [-0.2, -0.15) is 0 Å². The first-order valence-corrected chi connectivity index (χ1v) is 9.64. The molecule has 0 radical (unpaired) electrons. The molecular formula is C20H25ClN4O2. The van der Waals surface area contributed by atoms with Crippen molar-refractivity contribution in [3.05, 3.63) is 46.7 Å². The Kier molecular flexibility index (Phi) is 6.77. The Labute approximate surface area is 164 Å². The molecule has 27 heavy (non-hydrogen) atoms. The highest BCUT2D eigenvalue weighted by molar-refractivity contribution is 6.33. The van der Waals surface area contributed by atoms with Gasteiger partial charge in [-0.25, -0.2) is 9.97 Å². The predicted molar refractivity (Wildman–Crippen MR) is 106 cm³/mol. The Hall–Kier alpha value is -2.02. The third-order valence-corrected chi connectivity index (χ3v) is 4.87. The summed E-state index contributed by atoms with van der Waals surface area (Å²) in [6.45, 7) is 8.75. The van der Waals surface area contributed by atoms with Crippen LogP contribution in [0.1, 0.15) is 35.8 Å². The van der Waals surface area contributed by atoms with Gasteiger partial charge in [0.05, 0.1) is 29.5 Å². The summed E-state index contributed by atoms with van der Waals surface area (Å²) in [6, 6.07) is 7.45. The Morgan fingerprint density at radius 2 is 2.04 bits per heavy atom. The molecule has 0 spiro atoms. The number of hydrogen-bond acceptors (Lipinski definition) is 5. The first-order valence-electron chi connectivity index (χ1n) is 9.26. The summed E-state index contributed by atoms with van der Waals surface area (Å²) in [5.74, 6) is 0.487. The van der Waals surface area contributed by atoms with Crippen molar-refractivity contribution in [1.29, 1.82) is 0 Å². The maximum absolute atomic E-state index is 12.7. The van der Waals surface area contributed by atoms with Crippen LogP contribution < -0.4 is 5.32 Å². The number of aromatic nitrogens is 2. The number of amides is 1. The van der Waals surface area contributed by atoms with Crippen molar-refractivity contribution in [1.82, 2.24) is 20.2 Å². The molecule has 2 aromatic rings. The smallest absolute Gasteiger partial charge is 0.254 e. The number of hydrogen-bond donors (Lipinski definition) is 1. The second-order valence-electron chi connectivity index (χ2n) is 6.84. The van der Waals surface area contributed by atoms with Crippen molar-refractivity contribution in [2.45, 2.75) is 19.8 Å². The van der Waals surface area contributed by atoms with Gasteiger partial charge in [-0.3, -0.25) is 9.69 Å². The zero-order chi connectivity index (χ0) is 19.2. The fourth-order valence-electron chi connectivity index (χ4n) is 3.03. The van der Waals surface area contributed by atoms with E-state index in [-0.39, 0.29) is 11.8 Å². The number of nitrogens with zero attached hydrogens (tertiary/aromatic N) is 3. The van der Waals surface area contributed by atoms with E-state index in [1.807, 2.05) is 38.1 Å². The van der Waals surface area contributed by atoms with Crippen LogP contribution in [0.5, 0.6) is 0 Å². The molecule has 0 unspecified atom stereocenters. The second kappa shape index (κ2) is 9.26. The number of halogens is 1. The molecule has 1 N–H and O–H groups in total. The maximum Gasteiger partial charge on any atom is 0.254 e. The Morgan fingerprint density at radius 1 is 1.30 bits per heavy atom. The van der Waals surface area contributed by atoms with Crippen LogP contribution in [0.15, 0.2) is 30.5 Å². The molecule has 1 aliphatic rings. The molecule has 0 saturated carbocycles. The lowest BCUT2D eigenvalue weighted by atomic mass is 10.0. The van der Waals surface area contributed by atoms with Crippen LogP contribution in [-0.2, 0) is 4.74 Å². The third kappa shape index (κ3) is 5.03. The number of rotatable bonds is 6. The van der Waals surface area contributed by atoms with Crippen molar-refractivity contribution in [3.8, 4) is 11.4 Å². The number of morpholine rings is 1. The van der Waals surface area contributed by atoms with Crippen molar-refractivity contribution in [3.63, 3.8) is 0 Å². The van der Waals surface area contributed by atoms with Gasteiger partial charge in [-0.05, 0) is 18.1 Å². The first-order chi connectivity index (χ1) is 13.1. The van der Waals surface area contributed by atoms with E-state index in [9.17, 15) is 4.79 Å². The molecule has 3 rings (SSSR count). The monoisotopic (exact) mass is 388 g/mol. The average molecular weight is 389 g/mol. The van der Waals surface area contributed by atoms with E-state index >= 15 is 0 Å². The van der Waals surface area contributed by atoms with Gasteiger partial charge < -0.3 is 10.1 Å². The van der Waals surface area contributed by atoms with E-state index < -0.39 is 0 Å². The van der Waals surface area contributed by atoms with Crippen molar-refractivity contribution in [2.24, 2.45) is 0 Å². The molecule has 144 valence electrons.